The monoisotopic (exact) mass is 289 g/mol. The molecule has 2 amide bonds. The molecule has 0 spiro atoms. The topological polar surface area (TPSA) is 75.4 Å². The third-order valence-electron chi connectivity index (χ3n) is 3.89. The van der Waals surface area contributed by atoms with Crippen molar-refractivity contribution >= 4 is 17.5 Å². The Morgan fingerprint density at radius 2 is 2.14 bits per heavy atom. The summed E-state index contributed by atoms with van der Waals surface area (Å²) in [4.78, 5) is 25.4. The van der Waals surface area contributed by atoms with Crippen LogP contribution in [0.3, 0.4) is 0 Å². The number of likely N-dealkylation sites (tertiary alicyclic amines) is 1. The van der Waals surface area contributed by atoms with Crippen LogP contribution in [0, 0.1) is 0 Å². The highest BCUT2D eigenvalue weighted by Crippen LogP contribution is 2.14. The number of para-hydroxylation sites is 1. The lowest BCUT2D eigenvalue weighted by atomic mass is 10.1. The van der Waals surface area contributed by atoms with Gasteiger partial charge >= 0.3 is 0 Å². The fourth-order valence-electron chi connectivity index (χ4n) is 2.64. The average Bonchev–Trinajstić information content (AvgIpc) is 2.94. The van der Waals surface area contributed by atoms with Gasteiger partial charge < -0.3 is 16.0 Å². The summed E-state index contributed by atoms with van der Waals surface area (Å²) in [7, 11) is 0. The van der Waals surface area contributed by atoms with E-state index in [1.165, 1.54) is 0 Å². The maximum Gasteiger partial charge on any atom is 0.222 e. The van der Waals surface area contributed by atoms with Crippen molar-refractivity contribution in [2.45, 2.75) is 38.6 Å². The van der Waals surface area contributed by atoms with E-state index in [1.807, 2.05) is 36.1 Å². The van der Waals surface area contributed by atoms with E-state index in [-0.39, 0.29) is 17.9 Å². The zero-order valence-electron chi connectivity index (χ0n) is 12.5. The fraction of sp³-hybridized carbons (Fsp3) is 0.500. The molecule has 114 valence electrons. The Bertz CT molecular complexity index is 516. The molecule has 1 aliphatic heterocycles. The standard InChI is InChI=1S/C16H23N3O2/c1-2-16(21)19-10-9-13(11-19)18-15(20)8-7-12-5-3-4-6-14(12)17/h3-6,13H,2,7-11,17H2,1H3,(H,18,20). The Hall–Kier alpha value is -2.04. The Labute approximate surface area is 125 Å². The van der Waals surface area contributed by atoms with E-state index >= 15 is 0 Å². The third kappa shape index (κ3) is 4.21. The third-order valence-corrected chi connectivity index (χ3v) is 3.89. The molecule has 1 atom stereocenters. The lowest BCUT2D eigenvalue weighted by molar-refractivity contribution is -0.130. The van der Waals surface area contributed by atoms with Crippen LogP contribution in [0.2, 0.25) is 0 Å². The predicted octanol–water partition coefficient (Wildman–Crippen LogP) is 1.33. The van der Waals surface area contributed by atoms with Crippen molar-refractivity contribution in [3.05, 3.63) is 29.8 Å². The van der Waals surface area contributed by atoms with Crippen molar-refractivity contribution in [3.8, 4) is 0 Å². The van der Waals surface area contributed by atoms with Crippen LogP contribution in [0.5, 0.6) is 0 Å². The molecule has 1 saturated heterocycles. The van der Waals surface area contributed by atoms with Crippen molar-refractivity contribution in [1.29, 1.82) is 0 Å². The van der Waals surface area contributed by atoms with E-state index < -0.39 is 0 Å². The van der Waals surface area contributed by atoms with Crippen molar-refractivity contribution in [2.75, 3.05) is 18.8 Å². The second-order valence-electron chi connectivity index (χ2n) is 5.45. The number of nitrogen functional groups attached to an aromatic ring is 1. The summed E-state index contributed by atoms with van der Waals surface area (Å²) in [6.07, 6.45) is 2.42. The van der Waals surface area contributed by atoms with E-state index in [2.05, 4.69) is 5.32 Å². The zero-order chi connectivity index (χ0) is 15.2. The molecule has 0 aliphatic carbocycles. The molecule has 0 saturated carbocycles. The summed E-state index contributed by atoms with van der Waals surface area (Å²) in [5.74, 6) is 0.179. The summed E-state index contributed by atoms with van der Waals surface area (Å²) in [6, 6.07) is 7.69. The van der Waals surface area contributed by atoms with Crippen molar-refractivity contribution in [1.82, 2.24) is 10.2 Å². The number of nitrogens with one attached hydrogen (secondary N) is 1. The molecule has 1 fully saturated rings. The number of rotatable bonds is 5. The molecule has 0 bridgehead atoms. The van der Waals surface area contributed by atoms with Crippen LogP contribution in [0.25, 0.3) is 0 Å². The first-order chi connectivity index (χ1) is 10.1. The van der Waals surface area contributed by atoms with Gasteiger partial charge in [0.05, 0.1) is 0 Å². The maximum atomic E-state index is 12.0. The van der Waals surface area contributed by atoms with Crippen LogP contribution in [0.1, 0.15) is 31.7 Å². The van der Waals surface area contributed by atoms with Gasteiger partial charge in [0.15, 0.2) is 0 Å². The fourth-order valence-corrected chi connectivity index (χ4v) is 2.64. The molecule has 3 N–H and O–H groups in total. The van der Waals surface area contributed by atoms with Gasteiger partial charge in [0.25, 0.3) is 0 Å². The number of benzene rings is 1. The van der Waals surface area contributed by atoms with Crippen LogP contribution in [-0.2, 0) is 16.0 Å². The number of carbonyl (C=O) groups excluding carboxylic acids is 2. The molecule has 0 aromatic heterocycles. The maximum absolute atomic E-state index is 12.0. The first kappa shape index (κ1) is 15.4. The van der Waals surface area contributed by atoms with Gasteiger partial charge in [-0.15, -0.1) is 0 Å². The highest BCUT2D eigenvalue weighted by atomic mass is 16.2. The second-order valence-corrected chi connectivity index (χ2v) is 5.45. The number of anilines is 1. The Balaban J connectivity index is 1.76. The Kier molecular flexibility index (Phi) is 5.20. The van der Waals surface area contributed by atoms with Crippen molar-refractivity contribution in [3.63, 3.8) is 0 Å². The molecule has 0 radical (unpaired) electrons. The van der Waals surface area contributed by atoms with Gasteiger partial charge in [-0.1, -0.05) is 25.1 Å². The number of aryl methyl sites for hydroxylation is 1. The summed E-state index contributed by atoms with van der Waals surface area (Å²) < 4.78 is 0. The lowest BCUT2D eigenvalue weighted by Crippen LogP contribution is -2.38. The number of hydrogen-bond acceptors (Lipinski definition) is 3. The smallest absolute Gasteiger partial charge is 0.222 e. The van der Waals surface area contributed by atoms with E-state index in [9.17, 15) is 9.59 Å². The zero-order valence-corrected chi connectivity index (χ0v) is 12.5. The quantitative estimate of drug-likeness (QED) is 0.803. The van der Waals surface area contributed by atoms with Crippen LogP contribution < -0.4 is 11.1 Å². The first-order valence-electron chi connectivity index (χ1n) is 7.50. The lowest BCUT2D eigenvalue weighted by Gasteiger charge is -2.16. The van der Waals surface area contributed by atoms with Crippen molar-refractivity contribution in [2.24, 2.45) is 0 Å². The van der Waals surface area contributed by atoms with E-state index in [0.29, 0.717) is 25.8 Å². The normalized spacial score (nSPS) is 17.8. The highest BCUT2D eigenvalue weighted by Gasteiger charge is 2.26. The molecule has 1 heterocycles. The minimum absolute atomic E-state index is 0.0223. The summed E-state index contributed by atoms with van der Waals surface area (Å²) in [5.41, 5.74) is 7.59. The number of amides is 2. The van der Waals surface area contributed by atoms with Gasteiger partial charge in [0, 0.05) is 37.7 Å². The molecule has 2 rings (SSSR count). The predicted molar refractivity (Wildman–Crippen MR) is 82.6 cm³/mol. The molecule has 1 aromatic rings. The summed E-state index contributed by atoms with van der Waals surface area (Å²) >= 11 is 0. The van der Waals surface area contributed by atoms with Crippen LogP contribution in [0.15, 0.2) is 24.3 Å². The summed E-state index contributed by atoms with van der Waals surface area (Å²) in [5, 5.41) is 3.00. The van der Waals surface area contributed by atoms with Crippen molar-refractivity contribution < 1.29 is 9.59 Å². The van der Waals surface area contributed by atoms with E-state index in [4.69, 9.17) is 5.73 Å². The Morgan fingerprint density at radius 1 is 1.38 bits per heavy atom. The van der Waals surface area contributed by atoms with Crippen LogP contribution in [0.4, 0.5) is 5.69 Å². The number of hydrogen-bond donors (Lipinski definition) is 2. The van der Waals surface area contributed by atoms with Crippen LogP contribution >= 0.6 is 0 Å². The van der Waals surface area contributed by atoms with Gasteiger partial charge in [0.1, 0.15) is 0 Å². The average molecular weight is 289 g/mol. The van der Waals surface area contributed by atoms with Gasteiger partial charge in [-0.2, -0.15) is 0 Å². The summed E-state index contributed by atoms with van der Waals surface area (Å²) in [6.45, 7) is 3.23. The molecule has 5 nitrogen and oxygen atoms in total. The number of nitrogens with two attached hydrogens (primary N) is 1. The van der Waals surface area contributed by atoms with Gasteiger partial charge in [-0.25, -0.2) is 0 Å². The Morgan fingerprint density at radius 3 is 2.86 bits per heavy atom. The highest BCUT2D eigenvalue weighted by molar-refractivity contribution is 5.78. The minimum Gasteiger partial charge on any atom is -0.399 e. The molecule has 1 unspecified atom stereocenters. The van der Waals surface area contributed by atoms with Crippen LogP contribution in [-0.4, -0.2) is 35.8 Å². The van der Waals surface area contributed by atoms with Gasteiger partial charge in [-0.3, -0.25) is 9.59 Å². The molecular formula is C16H23N3O2. The number of carbonyl (C=O) groups is 2. The molecule has 5 heteroatoms. The molecular weight excluding hydrogens is 266 g/mol. The first-order valence-corrected chi connectivity index (χ1v) is 7.50. The van der Waals surface area contributed by atoms with Gasteiger partial charge in [0.2, 0.25) is 11.8 Å². The van der Waals surface area contributed by atoms with E-state index in [0.717, 1.165) is 24.2 Å². The van der Waals surface area contributed by atoms with Gasteiger partial charge in [-0.05, 0) is 24.5 Å². The molecule has 1 aliphatic rings. The van der Waals surface area contributed by atoms with E-state index in [1.54, 1.807) is 0 Å². The second kappa shape index (κ2) is 7.11. The molecule has 1 aromatic carbocycles. The molecule has 21 heavy (non-hydrogen) atoms. The largest absolute Gasteiger partial charge is 0.399 e. The SMILES string of the molecule is CCC(=O)N1CCC(NC(=O)CCc2ccccc2N)C1. The minimum atomic E-state index is 0.0223. The number of nitrogens with zero attached hydrogens (tertiary/aromatic N) is 1.